The summed E-state index contributed by atoms with van der Waals surface area (Å²) >= 11 is 0. The van der Waals surface area contributed by atoms with E-state index in [1.165, 1.54) is 0 Å². The molecule has 1 aromatic carbocycles. The fourth-order valence-electron chi connectivity index (χ4n) is 3.41. The van der Waals surface area contributed by atoms with Gasteiger partial charge in [-0.05, 0) is 40.2 Å². The van der Waals surface area contributed by atoms with Gasteiger partial charge in [-0.2, -0.15) is 0 Å². The van der Waals surface area contributed by atoms with Crippen LogP contribution in [0.15, 0.2) is 29.3 Å². The zero-order chi connectivity index (χ0) is 19.5. The van der Waals surface area contributed by atoms with E-state index in [9.17, 15) is 0 Å². The second-order valence-electron chi connectivity index (χ2n) is 7.03. The third-order valence-electron chi connectivity index (χ3n) is 4.46. The van der Waals surface area contributed by atoms with Gasteiger partial charge in [-0.3, -0.25) is 4.90 Å². The molecule has 0 aliphatic carbocycles. The number of ether oxygens (including phenoxy) is 2. The number of benzene rings is 1. The molecule has 2 unspecified atom stereocenters. The molecule has 1 heterocycles. The van der Waals surface area contributed by atoms with E-state index in [2.05, 4.69) is 42.4 Å². The topological polar surface area (TPSA) is 58.1 Å². The first-order chi connectivity index (χ1) is 13.1. The van der Waals surface area contributed by atoms with Crippen LogP contribution >= 0.6 is 24.0 Å². The molecule has 0 radical (unpaired) electrons. The van der Waals surface area contributed by atoms with Crippen molar-refractivity contribution in [2.45, 2.75) is 52.9 Å². The van der Waals surface area contributed by atoms with Crippen LogP contribution in [0.4, 0.5) is 0 Å². The molecule has 2 rings (SSSR count). The van der Waals surface area contributed by atoms with Gasteiger partial charge in [-0.25, -0.2) is 4.99 Å². The van der Waals surface area contributed by atoms with Gasteiger partial charge in [0, 0.05) is 38.3 Å². The number of para-hydroxylation sites is 1. The lowest BCUT2D eigenvalue weighted by Gasteiger charge is -2.35. The largest absolute Gasteiger partial charge is 0.494 e. The van der Waals surface area contributed by atoms with Crippen LogP contribution in [0, 0.1) is 0 Å². The standard InChI is InChI=1S/C21H36N4O2.HI/c1-5-22-21(24-14-19-10-7-8-11-20(19)26-6-2)23-12-9-13-25-15-17(3)27-18(4)16-25;/h7-8,10-11,17-18H,5-6,9,12-16H2,1-4H3,(H2,22,23,24);1H. The van der Waals surface area contributed by atoms with Crippen LogP contribution < -0.4 is 15.4 Å². The van der Waals surface area contributed by atoms with Crippen molar-refractivity contribution >= 4 is 29.9 Å². The molecular weight excluding hydrogens is 467 g/mol. The van der Waals surface area contributed by atoms with E-state index in [0.29, 0.717) is 25.4 Å². The minimum Gasteiger partial charge on any atom is -0.494 e. The Bertz CT molecular complexity index is 575. The van der Waals surface area contributed by atoms with Crippen LogP contribution in [0.2, 0.25) is 0 Å². The molecular formula is C21H37IN4O2. The highest BCUT2D eigenvalue weighted by molar-refractivity contribution is 14.0. The van der Waals surface area contributed by atoms with Gasteiger partial charge >= 0.3 is 0 Å². The smallest absolute Gasteiger partial charge is 0.191 e. The lowest BCUT2D eigenvalue weighted by molar-refractivity contribution is -0.0679. The summed E-state index contributed by atoms with van der Waals surface area (Å²) in [5, 5.41) is 6.77. The van der Waals surface area contributed by atoms with Crippen molar-refractivity contribution in [3.8, 4) is 5.75 Å². The first-order valence-corrected chi connectivity index (χ1v) is 10.2. The molecule has 0 spiro atoms. The molecule has 28 heavy (non-hydrogen) atoms. The molecule has 160 valence electrons. The molecule has 0 aromatic heterocycles. The van der Waals surface area contributed by atoms with Gasteiger partial charge in [-0.1, -0.05) is 18.2 Å². The predicted molar refractivity (Wildman–Crippen MR) is 127 cm³/mol. The van der Waals surface area contributed by atoms with Crippen LogP contribution in [-0.2, 0) is 11.3 Å². The Morgan fingerprint density at radius 3 is 2.57 bits per heavy atom. The van der Waals surface area contributed by atoms with E-state index in [0.717, 1.165) is 56.4 Å². The van der Waals surface area contributed by atoms with Crippen LogP contribution in [0.3, 0.4) is 0 Å². The van der Waals surface area contributed by atoms with Crippen LogP contribution in [-0.4, -0.2) is 62.4 Å². The molecule has 1 aliphatic rings. The van der Waals surface area contributed by atoms with Gasteiger partial charge in [0.2, 0.25) is 0 Å². The molecule has 0 saturated carbocycles. The Kier molecular flexibility index (Phi) is 12.5. The molecule has 2 atom stereocenters. The van der Waals surface area contributed by atoms with Gasteiger partial charge in [0.1, 0.15) is 5.75 Å². The minimum atomic E-state index is 0. The van der Waals surface area contributed by atoms with E-state index < -0.39 is 0 Å². The number of morpholine rings is 1. The van der Waals surface area contributed by atoms with Gasteiger partial charge in [-0.15, -0.1) is 24.0 Å². The summed E-state index contributed by atoms with van der Waals surface area (Å²) in [5.41, 5.74) is 1.10. The predicted octanol–water partition coefficient (Wildman–Crippen LogP) is 3.26. The molecule has 1 aromatic rings. The van der Waals surface area contributed by atoms with Gasteiger partial charge in [0.25, 0.3) is 0 Å². The maximum atomic E-state index is 5.80. The zero-order valence-corrected chi connectivity index (χ0v) is 20.1. The van der Waals surface area contributed by atoms with Crippen molar-refractivity contribution in [3.05, 3.63) is 29.8 Å². The Morgan fingerprint density at radius 1 is 1.18 bits per heavy atom. The molecule has 1 fully saturated rings. The van der Waals surface area contributed by atoms with E-state index in [1.807, 2.05) is 25.1 Å². The van der Waals surface area contributed by atoms with Crippen molar-refractivity contribution in [1.82, 2.24) is 15.5 Å². The molecule has 1 saturated heterocycles. The van der Waals surface area contributed by atoms with E-state index in [1.54, 1.807) is 0 Å². The number of nitrogens with one attached hydrogen (secondary N) is 2. The van der Waals surface area contributed by atoms with E-state index in [4.69, 9.17) is 14.5 Å². The Hall–Kier alpha value is -1.06. The van der Waals surface area contributed by atoms with Gasteiger partial charge in [0.05, 0.1) is 25.4 Å². The third kappa shape index (κ3) is 8.96. The first kappa shape index (κ1) is 25.0. The van der Waals surface area contributed by atoms with Crippen LogP contribution in [0.1, 0.15) is 39.7 Å². The number of aliphatic imine (C=N–C) groups is 1. The molecule has 0 amide bonds. The quantitative estimate of drug-likeness (QED) is 0.234. The summed E-state index contributed by atoms with van der Waals surface area (Å²) in [7, 11) is 0. The number of halogens is 1. The average molecular weight is 504 g/mol. The number of hydrogen-bond acceptors (Lipinski definition) is 4. The van der Waals surface area contributed by atoms with Gasteiger partial charge < -0.3 is 20.1 Å². The van der Waals surface area contributed by atoms with E-state index >= 15 is 0 Å². The molecule has 2 N–H and O–H groups in total. The number of nitrogens with zero attached hydrogens (tertiary/aromatic N) is 2. The van der Waals surface area contributed by atoms with Crippen molar-refractivity contribution < 1.29 is 9.47 Å². The highest BCUT2D eigenvalue weighted by atomic mass is 127. The van der Waals surface area contributed by atoms with Crippen LogP contribution in [0.25, 0.3) is 0 Å². The second kappa shape index (κ2) is 14.0. The van der Waals surface area contributed by atoms with Crippen molar-refractivity contribution in [3.63, 3.8) is 0 Å². The van der Waals surface area contributed by atoms with Crippen LogP contribution in [0.5, 0.6) is 5.75 Å². The normalized spacial score (nSPS) is 20.4. The summed E-state index contributed by atoms with van der Waals surface area (Å²) in [6, 6.07) is 8.09. The molecule has 0 bridgehead atoms. The lowest BCUT2D eigenvalue weighted by atomic mass is 10.2. The third-order valence-corrected chi connectivity index (χ3v) is 4.46. The fraction of sp³-hybridized carbons (Fsp3) is 0.667. The van der Waals surface area contributed by atoms with Crippen molar-refractivity contribution in [2.24, 2.45) is 4.99 Å². The average Bonchev–Trinajstić information content (AvgIpc) is 2.63. The maximum Gasteiger partial charge on any atom is 0.191 e. The van der Waals surface area contributed by atoms with Crippen molar-refractivity contribution in [2.75, 3.05) is 39.3 Å². The number of rotatable bonds is 9. The first-order valence-electron chi connectivity index (χ1n) is 10.2. The monoisotopic (exact) mass is 504 g/mol. The fourth-order valence-corrected chi connectivity index (χ4v) is 3.41. The maximum absolute atomic E-state index is 5.80. The molecule has 6 nitrogen and oxygen atoms in total. The molecule has 1 aliphatic heterocycles. The summed E-state index contributed by atoms with van der Waals surface area (Å²) in [5.74, 6) is 1.77. The minimum absolute atomic E-state index is 0. The van der Waals surface area contributed by atoms with Crippen molar-refractivity contribution in [1.29, 1.82) is 0 Å². The lowest BCUT2D eigenvalue weighted by Crippen LogP contribution is -2.46. The number of hydrogen-bond donors (Lipinski definition) is 2. The zero-order valence-electron chi connectivity index (χ0n) is 17.7. The molecule has 7 heteroatoms. The van der Waals surface area contributed by atoms with Gasteiger partial charge in [0.15, 0.2) is 5.96 Å². The highest BCUT2D eigenvalue weighted by Gasteiger charge is 2.21. The second-order valence-corrected chi connectivity index (χ2v) is 7.03. The Labute approximate surface area is 187 Å². The Morgan fingerprint density at radius 2 is 1.89 bits per heavy atom. The van der Waals surface area contributed by atoms with E-state index in [-0.39, 0.29) is 24.0 Å². The summed E-state index contributed by atoms with van der Waals surface area (Å²) < 4.78 is 11.5. The number of guanidine groups is 1. The summed E-state index contributed by atoms with van der Waals surface area (Å²) in [4.78, 5) is 7.20. The highest BCUT2D eigenvalue weighted by Crippen LogP contribution is 2.18. The summed E-state index contributed by atoms with van der Waals surface area (Å²) in [6.45, 7) is 14.5. The summed E-state index contributed by atoms with van der Waals surface area (Å²) in [6.07, 6.45) is 1.73. The Balaban J connectivity index is 0.00000392. The SMILES string of the molecule is CCNC(=NCc1ccccc1OCC)NCCCN1CC(C)OC(C)C1.I.